The van der Waals surface area contributed by atoms with Gasteiger partial charge in [0, 0.05) is 23.2 Å². The van der Waals surface area contributed by atoms with Gasteiger partial charge in [0.05, 0.1) is 24.4 Å². The van der Waals surface area contributed by atoms with Crippen LogP contribution in [0.3, 0.4) is 0 Å². The Hall–Kier alpha value is -3.93. The Balaban J connectivity index is 0.00000121. The van der Waals surface area contributed by atoms with Crippen molar-refractivity contribution >= 4 is 11.7 Å². The first kappa shape index (κ1) is 26.1. The number of benzene rings is 1. The molecule has 0 spiro atoms. The zero-order valence-electron chi connectivity index (χ0n) is 19.3. The number of nitrogens with one attached hydrogen (secondary N) is 1. The molecule has 0 saturated carbocycles. The van der Waals surface area contributed by atoms with E-state index in [2.05, 4.69) is 28.4 Å². The lowest BCUT2D eigenvalue weighted by molar-refractivity contribution is 0.0957. The molecule has 168 valence electrons. The fraction of sp³-hybridized carbons (Fsp3) is 0.192. The predicted octanol–water partition coefficient (Wildman–Crippen LogP) is 6.07. The van der Waals surface area contributed by atoms with Crippen LogP contribution in [0.25, 0.3) is 22.5 Å². The van der Waals surface area contributed by atoms with Crippen LogP contribution < -0.4 is 11.1 Å². The minimum Gasteiger partial charge on any atom is -0.472 e. The van der Waals surface area contributed by atoms with Crippen LogP contribution in [0.15, 0.2) is 90.4 Å². The highest BCUT2D eigenvalue weighted by molar-refractivity contribution is 5.95. The summed E-state index contributed by atoms with van der Waals surface area (Å²) in [5, 5.41) is 2.84. The fourth-order valence-corrected chi connectivity index (χ4v) is 2.57. The van der Waals surface area contributed by atoms with Gasteiger partial charge < -0.3 is 15.5 Å². The Morgan fingerprint density at radius 1 is 1.09 bits per heavy atom. The second-order valence-electron chi connectivity index (χ2n) is 5.94. The van der Waals surface area contributed by atoms with Crippen molar-refractivity contribution in [3.8, 4) is 22.5 Å². The van der Waals surface area contributed by atoms with Crippen LogP contribution in [0.4, 0.5) is 5.82 Å². The van der Waals surface area contributed by atoms with Crippen molar-refractivity contribution in [3.05, 3.63) is 91.6 Å². The van der Waals surface area contributed by atoms with Crippen molar-refractivity contribution in [2.45, 2.75) is 27.7 Å². The van der Waals surface area contributed by atoms with E-state index in [1.165, 1.54) is 0 Å². The normalized spacial score (nSPS) is 10.1. The summed E-state index contributed by atoms with van der Waals surface area (Å²) >= 11 is 0. The molecule has 0 radical (unpaired) electrons. The monoisotopic (exact) mass is 432 g/mol. The number of hydrogen-bond acceptors (Lipinski definition) is 5. The van der Waals surface area contributed by atoms with E-state index in [1.807, 2.05) is 27.7 Å². The summed E-state index contributed by atoms with van der Waals surface area (Å²) in [6, 6.07) is 8.84. The summed E-state index contributed by atoms with van der Waals surface area (Å²) in [5.41, 5.74) is 10.2. The molecular weight excluding hydrogens is 400 g/mol. The molecule has 0 atom stereocenters. The van der Waals surface area contributed by atoms with Gasteiger partial charge in [-0.1, -0.05) is 71.2 Å². The lowest BCUT2D eigenvalue weighted by atomic mass is 10.1. The number of nitrogen functional groups attached to an aromatic ring is 1. The Morgan fingerprint density at radius 3 is 2.34 bits per heavy atom. The van der Waals surface area contributed by atoms with E-state index in [4.69, 9.17) is 10.2 Å². The van der Waals surface area contributed by atoms with Crippen molar-refractivity contribution in [1.29, 1.82) is 0 Å². The van der Waals surface area contributed by atoms with Gasteiger partial charge in [-0.25, -0.2) is 9.97 Å². The number of amides is 1. The van der Waals surface area contributed by atoms with Crippen molar-refractivity contribution in [2.24, 2.45) is 0 Å². The number of carbonyl (C=O) groups excluding carboxylic acids is 1. The van der Waals surface area contributed by atoms with Gasteiger partial charge in [-0.3, -0.25) is 4.79 Å². The third kappa shape index (κ3) is 7.09. The van der Waals surface area contributed by atoms with Crippen LogP contribution in [0.1, 0.15) is 38.1 Å². The Morgan fingerprint density at radius 2 is 1.78 bits per heavy atom. The number of nitrogens with zero attached hydrogens (tertiary/aromatic N) is 2. The molecule has 0 fully saturated rings. The summed E-state index contributed by atoms with van der Waals surface area (Å²) in [7, 11) is 0. The lowest BCUT2D eigenvalue weighted by Crippen LogP contribution is -2.25. The Labute approximate surface area is 190 Å². The minimum absolute atomic E-state index is 0.186. The third-order valence-corrected chi connectivity index (χ3v) is 4.09. The Kier molecular flexibility index (Phi) is 11.5. The summed E-state index contributed by atoms with van der Waals surface area (Å²) in [5.74, 6) is 0.129. The van der Waals surface area contributed by atoms with Crippen LogP contribution >= 0.6 is 0 Å². The highest BCUT2D eigenvalue weighted by atomic mass is 16.3. The van der Waals surface area contributed by atoms with Gasteiger partial charge in [-0.15, -0.1) is 0 Å². The van der Waals surface area contributed by atoms with Crippen molar-refractivity contribution < 1.29 is 9.21 Å². The van der Waals surface area contributed by atoms with Gasteiger partial charge in [0.25, 0.3) is 5.91 Å². The molecule has 6 heteroatoms. The van der Waals surface area contributed by atoms with Crippen molar-refractivity contribution in [1.82, 2.24) is 15.3 Å². The van der Waals surface area contributed by atoms with Gasteiger partial charge in [0.1, 0.15) is 11.5 Å². The number of allylic oxidation sites excluding steroid dienone is 2. The number of aromatic nitrogens is 2. The summed E-state index contributed by atoms with van der Waals surface area (Å²) in [6.45, 7) is 15.7. The molecule has 0 aliphatic carbocycles. The van der Waals surface area contributed by atoms with Crippen LogP contribution in [-0.2, 0) is 0 Å². The van der Waals surface area contributed by atoms with Gasteiger partial charge >= 0.3 is 0 Å². The van der Waals surface area contributed by atoms with Crippen LogP contribution in [-0.4, -0.2) is 22.4 Å². The first-order valence-corrected chi connectivity index (χ1v) is 10.6. The topological polar surface area (TPSA) is 94.0 Å². The van der Waals surface area contributed by atoms with E-state index < -0.39 is 0 Å². The second-order valence-corrected chi connectivity index (χ2v) is 5.94. The van der Waals surface area contributed by atoms with E-state index >= 15 is 0 Å². The first-order chi connectivity index (χ1) is 15.6. The SMILES string of the molecule is C=C/C=C(\C=C)CNC(=O)c1ccc(-c2nc(-c3ccoc3)cnc2N)cc1.CC.CC. The number of hydrogen-bond donors (Lipinski definition) is 2. The zero-order valence-corrected chi connectivity index (χ0v) is 19.3. The number of carbonyl (C=O) groups is 1. The molecular formula is C26H32N4O2. The van der Waals surface area contributed by atoms with Gasteiger partial charge in [0.15, 0.2) is 0 Å². The summed E-state index contributed by atoms with van der Waals surface area (Å²) in [4.78, 5) is 21.1. The molecule has 32 heavy (non-hydrogen) atoms. The Bertz CT molecular complexity index is 1020. The standard InChI is InChI=1S/C22H20N4O2.2C2H6/c1-3-5-15(4-2)12-25-22(27)17-8-6-16(7-9-17)20-21(23)24-13-19(26-20)18-10-11-28-14-18;2*1-2/h3-11,13-14H,1-2,12H2,(H2,23,24)(H,25,27);2*1-2H3/b15-5+;;. The maximum Gasteiger partial charge on any atom is 0.251 e. The molecule has 2 aromatic heterocycles. The van der Waals surface area contributed by atoms with E-state index in [0.29, 0.717) is 29.3 Å². The van der Waals surface area contributed by atoms with Crippen molar-refractivity contribution in [2.75, 3.05) is 12.3 Å². The molecule has 0 aliphatic rings. The van der Waals surface area contributed by atoms with E-state index in [1.54, 1.807) is 67.3 Å². The molecule has 0 aliphatic heterocycles. The minimum atomic E-state index is -0.186. The summed E-state index contributed by atoms with van der Waals surface area (Å²) in [6.07, 6.45) is 9.89. The average molecular weight is 433 g/mol. The molecule has 3 rings (SSSR count). The molecule has 6 nitrogen and oxygen atoms in total. The molecule has 3 aromatic rings. The molecule has 0 bridgehead atoms. The maximum atomic E-state index is 12.3. The third-order valence-electron chi connectivity index (χ3n) is 4.09. The average Bonchev–Trinajstić information content (AvgIpc) is 3.39. The second kappa shape index (κ2) is 14.1. The zero-order chi connectivity index (χ0) is 23.9. The number of anilines is 1. The fourth-order valence-electron chi connectivity index (χ4n) is 2.57. The molecule has 0 saturated heterocycles. The lowest BCUT2D eigenvalue weighted by Gasteiger charge is -2.08. The molecule has 2 heterocycles. The van der Waals surface area contributed by atoms with Crippen molar-refractivity contribution in [3.63, 3.8) is 0 Å². The smallest absolute Gasteiger partial charge is 0.251 e. The molecule has 3 N–H and O–H groups in total. The number of furan rings is 1. The van der Waals surface area contributed by atoms with Gasteiger partial charge in [0.2, 0.25) is 0 Å². The van der Waals surface area contributed by atoms with E-state index in [9.17, 15) is 4.79 Å². The van der Waals surface area contributed by atoms with Crippen LogP contribution in [0.2, 0.25) is 0 Å². The van der Waals surface area contributed by atoms with Gasteiger partial charge in [-0.2, -0.15) is 0 Å². The quantitative estimate of drug-likeness (QED) is 0.442. The van der Waals surface area contributed by atoms with E-state index in [-0.39, 0.29) is 5.91 Å². The first-order valence-electron chi connectivity index (χ1n) is 10.6. The molecule has 1 amide bonds. The predicted molar refractivity (Wildman–Crippen MR) is 133 cm³/mol. The maximum absolute atomic E-state index is 12.3. The molecule has 1 aromatic carbocycles. The molecule has 0 unspecified atom stereocenters. The number of rotatable bonds is 7. The van der Waals surface area contributed by atoms with Crippen LogP contribution in [0.5, 0.6) is 0 Å². The highest BCUT2D eigenvalue weighted by Gasteiger charge is 2.11. The van der Waals surface area contributed by atoms with E-state index in [0.717, 1.165) is 16.7 Å². The van der Waals surface area contributed by atoms with Gasteiger partial charge in [-0.05, 0) is 23.8 Å². The van der Waals surface area contributed by atoms with Crippen LogP contribution in [0, 0.1) is 0 Å². The highest BCUT2D eigenvalue weighted by Crippen LogP contribution is 2.26. The summed E-state index contributed by atoms with van der Waals surface area (Å²) < 4.78 is 5.09. The largest absolute Gasteiger partial charge is 0.472 e. The number of nitrogens with two attached hydrogens (primary N) is 1.